The molecule has 0 amide bonds. The van der Waals surface area contributed by atoms with Gasteiger partial charge in [-0.2, -0.15) is 0 Å². The molecule has 0 spiro atoms. The molecule has 1 fully saturated rings. The van der Waals surface area contributed by atoms with Gasteiger partial charge in [0.05, 0.1) is 0 Å². The van der Waals surface area contributed by atoms with Crippen LogP contribution in [0.5, 0.6) is 0 Å². The molecule has 0 saturated heterocycles. The third-order valence-corrected chi connectivity index (χ3v) is 4.98. The summed E-state index contributed by atoms with van der Waals surface area (Å²) in [5.41, 5.74) is 6.31. The summed E-state index contributed by atoms with van der Waals surface area (Å²) in [7, 11) is 8.11. The number of hydrogen-bond acceptors (Lipinski definition) is 3. The van der Waals surface area contributed by atoms with Gasteiger partial charge < -0.3 is 9.80 Å². The monoisotopic (exact) mass is 360 g/mol. The number of nitrogens with zero attached hydrogens (tertiary/aromatic N) is 2. The highest BCUT2D eigenvalue weighted by Crippen LogP contribution is 2.28. The van der Waals surface area contributed by atoms with Gasteiger partial charge in [-0.1, -0.05) is 24.3 Å². The lowest BCUT2D eigenvalue weighted by Gasteiger charge is -2.17. The first-order valence-corrected chi connectivity index (χ1v) is 9.44. The Balaban J connectivity index is 1.80. The van der Waals surface area contributed by atoms with E-state index in [4.69, 9.17) is 0 Å². The van der Waals surface area contributed by atoms with Crippen molar-refractivity contribution in [2.45, 2.75) is 19.3 Å². The van der Waals surface area contributed by atoms with Crippen LogP contribution >= 0.6 is 0 Å². The van der Waals surface area contributed by atoms with E-state index in [1.165, 1.54) is 0 Å². The zero-order valence-electron chi connectivity index (χ0n) is 16.7. The molecular weight excluding hydrogens is 332 g/mol. The standard InChI is InChI=1S/C24H28N2O/c1-25(2)22-12-8-18(9-13-22)16-20-6-5-7-21(24(20)27)17-19-10-14-23(15-11-19)26(3)4/h8-17H,5-7H2,1-4H3/b20-16+,21-17+. The number of anilines is 2. The van der Waals surface area contributed by atoms with Crippen molar-refractivity contribution in [2.75, 3.05) is 38.0 Å². The molecule has 1 aliphatic carbocycles. The fourth-order valence-electron chi connectivity index (χ4n) is 3.32. The van der Waals surface area contributed by atoms with Crippen molar-refractivity contribution in [2.24, 2.45) is 0 Å². The van der Waals surface area contributed by atoms with Crippen LogP contribution in [0.25, 0.3) is 12.2 Å². The van der Waals surface area contributed by atoms with E-state index >= 15 is 0 Å². The van der Waals surface area contributed by atoms with Gasteiger partial charge in [0.2, 0.25) is 0 Å². The molecule has 3 heteroatoms. The summed E-state index contributed by atoms with van der Waals surface area (Å²) >= 11 is 0. The second kappa shape index (κ2) is 8.26. The summed E-state index contributed by atoms with van der Waals surface area (Å²) in [5, 5.41) is 0. The number of Topliss-reactive ketones (excluding diaryl/α,β-unsaturated/α-hetero) is 1. The van der Waals surface area contributed by atoms with Crippen LogP contribution in [0.3, 0.4) is 0 Å². The van der Waals surface area contributed by atoms with Gasteiger partial charge in [-0.05, 0) is 66.8 Å². The van der Waals surface area contributed by atoms with Crippen molar-refractivity contribution in [3.05, 3.63) is 70.8 Å². The van der Waals surface area contributed by atoms with Crippen LogP contribution in [0.2, 0.25) is 0 Å². The maximum atomic E-state index is 12.9. The normalized spacial score (nSPS) is 17.4. The summed E-state index contributed by atoms with van der Waals surface area (Å²) in [6.45, 7) is 0. The van der Waals surface area contributed by atoms with Gasteiger partial charge in [0.1, 0.15) is 0 Å². The Morgan fingerprint density at radius 1 is 0.667 bits per heavy atom. The highest BCUT2D eigenvalue weighted by atomic mass is 16.1. The van der Waals surface area contributed by atoms with E-state index in [0.29, 0.717) is 0 Å². The Hall–Kier alpha value is -2.81. The molecule has 3 nitrogen and oxygen atoms in total. The molecule has 140 valence electrons. The van der Waals surface area contributed by atoms with Crippen LogP contribution in [-0.2, 0) is 4.79 Å². The molecule has 0 atom stereocenters. The molecule has 0 radical (unpaired) electrons. The van der Waals surface area contributed by atoms with E-state index in [1.54, 1.807) is 0 Å². The van der Waals surface area contributed by atoms with Crippen molar-refractivity contribution >= 4 is 29.3 Å². The third-order valence-electron chi connectivity index (χ3n) is 4.98. The molecule has 0 N–H and O–H groups in total. The van der Waals surface area contributed by atoms with E-state index < -0.39 is 0 Å². The van der Waals surface area contributed by atoms with Crippen molar-refractivity contribution in [3.63, 3.8) is 0 Å². The van der Waals surface area contributed by atoms with Crippen LogP contribution < -0.4 is 9.80 Å². The molecular formula is C24H28N2O. The Bertz CT molecular complexity index is 785. The van der Waals surface area contributed by atoms with Crippen LogP contribution in [0.15, 0.2) is 59.7 Å². The van der Waals surface area contributed by atoms with Gasteiger partial charge in [0.15, 0.2) is 5.78 Å². The minimum atomic E-state index is 0.189. The minimum Gasteiger partial charge on any atom is -0.378 e. The lowest BCUT2D eigenvalue weighted by atomic mass is 9.87. The highest BCUT2D eigenvalue weighted by Gasteiger charge is 2.20. The molecule has 27 heavy (non-hydrogen) atoms. The van der Waals surface area contributed by atoms with E-state index in [-0.39, 0.29) is 5.78 Å². The molecule has 2 aromatic rings. The average molecular weight is 361 g/mol. The second-order valence-electron chi connectivity index (χ2n) is 7.49. The summed E-state index contributed by atoms with van der Waals surface area (Å²) in [6, 6.07) is 16.7. The molecule has 1 aliphatic rings. The quantitative estimate of drug-likeness (QED) is 0.714. The number of rotatable bonds is 4. The predicted octanol–water partition coefficient (Wildman–Crippen LogP) is 5.04. The molecule has 2 aromatic carbocycles. The van der Waals surface area contributed by atoms with E-state index in [2.05, 4.69) is 58.3 Å². The smallest absolute Gasteiger partial charge is 0.185 e. The van der Waals surface area contributed by atoms with Gasteiger partial charge >= 0.3 is 0 Å². The summed E-state index contributed by atoms with van der Waals surface area (Å²) in [4.78, 5) is 17.1. The first-order valence-electron chi connectivity index (χ1n) is 9.44. The predicted molar refractivity (Wildman–Crippen MR) is 116 cm³/mol. The Labute approximate surface area is 162 Å². The Morgan fingerprint density at radius 3 is 1.37 bits per heavy atom. The van der Waals surface area contributed by atoms with E-state index in [1.807, 2.05) is 40.3 Å². The Kier molecular flexibility index (Phi) is 5.80. The zero-order chi connectivity index (χ0) is 19.4. The summed E-state index contributed by atoms with van der Waals surface area (Å²) in [6.07, 6.45) is 6.82. The lowest BCUT2D eigenvalue weighted by molar-refractivity contribution is -0.112. The molecule has 0 unspecified atom stereocenters. The molecule has 1 saturated carbocycles. The largest absolute Gasteiger partial charge is 0.378 e. The zero-order valence-corrected chi connectivity index (χ0v) is 16.7. The average Bonchev–Trinajstić information content (AvgIpc) is 2.66. The molecule has 3 rings (SSSR count). The maximum absolute atomic E-state index is 12.9. The van der Waals surface area contributed by atoms with Crippen LogP contribution in [0.1, 0.15) is 30.4 Å². The van der Waals surface area contributed by atoms with E-state index in [9.17, 15) is 4.79 Å². The van der Waals surface area contributed by atoms with Crippen LogP contribution in [-0.4, -0.2) is 34.0 Å². The number of allylic oxidation sites excluding steroid dienone is 2. The highest BCUT2D eigenvalue weighted by molar-refractivity contribution is 6.14. The maximum Gasteiger partial charge on any atom is 0.185 e. The second-order valence-corrected chi connectivity index (χ2v) is 7.49. The van der Waals surface area contributed by atoms with Gasteiger partial charge in [0, 0.05) is 50.7 Å². The van der Waals surface area contributed by atoms with Gasteiger partial charge in [0.25, 0.3) is 0 Å². The fourth-order valence-corrected chi connectivity index (χ4v) is 3.32. The SMILES string of the molecule is CN(C)c1ccc(/C=C2\CCC/C(=C\c3ccc(N(C)C)cc3)C2=O)cc1. The molecule has 0 bridgehead atoms. The van der Waals surface area contributed by atoms with Crippen LogP contribution in [0.4, 0.5) is 11.4 Å². The minimum absolute atomic E-state index is 0.189. The number of carbonyl (C=O) groups excluding carboxylic acids is 1. The molecule has 0 aliphatic heterocycles. The number of carbonyl (C=O) groups is 1. The molecule has 0 heterocycles. The number of ketones is 1. The molecule has 0 aromatic heterocycles. The first-order chi connectivity index (χ1) is 12.9. The van der Waals surface area contributed by atoms with Crippen molar-refractivity contribution < 1.29 is 4.79 Å². The third kappa shape index (κ3) is 4.68. The summed E-state index contributed by atoms with van der Waals surface area (Å²) in [5.74, 6) is 0.189. The topological polar surface area (TPSA) is 23.6 Å². The van der Waals surface area contributed by atoms with Crippen molar-refractivity contribution in [1.82, 2.24) is 0 Å². The van der Waals surface area contributed by atoms with E-state index in [0.717, 1.165) is 52.9 Å². The van der Waals surface area contributed by atoms with Crippen molar-refractivity contribution in [3.8, 4) is 0 Å². The first kappa shape index (κ1) is 19.0. The lowest BCUT2D eigenvalue weighted by Crippen LogP contribution is -2.12. The Morgan fingerprint density at radius 2 is 1.04 bits per heavy atom. The van der Waals surface area contributed by atoms with Crippen molar-refractivity contribution in [1.29, 1.82) is 0 Å². The summed E-state index contributed by atoms with van der Waals surface area (Å²) < 4.78 is 0. The van der Waals surface area contributed by atoms with Crippen LogP contribution in [0, 0.1) is 0 Å². The van der Waals surface area contributed by atoms with Gasteiger partial charge in [-0.15, -0.1) is 0 Å². The van der Waals surface area contributed by atoms with Gasteiger partial charge in [-0.25, -0.2) is 0 Å². The number of hydrogen-bond donors (Lipinski definition) is 0. The number of benzene rings is 2. The van der Waals surface area contributed by atoms with Gasteiger partial charge in [-0.3, -0.25) is 4.79 Å². The fraction of sp³-hybridized carbons (Fsp3) is 0.292.